The second-order valence-corrected chi connectivity index (χ2v) is 7.77. The summed E-state index contributed by atoms with van der Waals surface area (Å²) in [5.74, 6) is 0.502. The summed E-state index contributed by atoms with van der Waals surface area (Å²) in [5, 5.41) is 8.57. The fourth-order valence-electron chi connectivity index (χ4n) is 3.22. The average Bonchev–Trinajstić information content (AvgIpc) is 3.25. The van der Waals surface area contributed by atoms with Gasteiger partial charge in [0.15, 0.2) is 5.82 Å². The van der Waals surface area contributed by atoms with Crippen LogP contribution < -0.4 is 5.32 Å². The van der Waals surface area contributed by atoms with Crippen molar-refractivity contribution in [2.24, 2.45) is 0 Å². The number of aryl methyl sites for hydroxylation is 2. The van der Waals surface area contributed by atoms with Crippen LogP contribution in [0.25, 0.3) is 10.9 Å². The quantitative estimate of drug-likeness (QED) is 0.443. The van der Waals surface area contributed by atoms with Crippen LogP contribution in [0.4, 0.5) is 5.82 Å². The monoisotopic (exact) mass is 436 g/mol. The number of amides is 1. The Balaban J connectivity index is 1.37. The maximum Gasteiger partial charge on any atom is 0.225 e. The van der Waals surface area contributed by atoms with Gasteiger partial charge in [0.2, 0.25) is 5.91 Å². The van der Waals surface area contributed by atoms with E-state index >= 15 is 0 Å². The summed E-state index contributed by atoms with van der Waals surface area (Å²) in [6.45, 7) is 2.72. The van der Waals surface area contributed by atoms with Gasteiger partial charge in [0.25, 0.3) is 0 Å². The molecular weight excluding hydrogens is 416 g/mol. The molecule has 2 heterocycles. The summed E-state index contributed by atoms with van der Waals surface area (Å²) in [5.41, 5.74) is 4.64. The molecule has 2 N–H and O–H groups in total. The molecule has 0 unspecified atom stereocenters. The largest absolute Gasteiger partial charge is 0.361 e. The van der Waals surface area contributed by atoms with Crippen molar-refractivity contribution in [2.45, 2.75) is 26.3 Å². The van der Waals surface area contributed by atoms with E-state index in [0.29, 0.717) is 25.2 Å². The predicted octanol–water partition coefficient (Wildman–Crippen LogP) is 5.05. The van der Waals surface area contributed by atoms with Crippen molar-refractivity contribution in [3.8, 4) is 0 Å². The number of anilines is 1. The third-order valence-electron chi connectivity index (χ3n) is 4.74. The SMILES string of the molecule is Cc1ccc(Cn2cc(Br)c(NC(=O)CCc3c[nH]c4ccccc34)n2)cc1. The molecule has 0 aliphatic carbocycles. The van der Waals surface area contributed by atoms with Crippen LogP contribution in [0.15, 0.2) is 65.4 Å². The standard InChI is InChI=1S/C22H21BrN4O/c1-15-6-8-16(9-7-15)13-27-14-19(23)22(26-27)25-21(28)11-10-17-12-24-20-5-3-2-4-18(17)20/h2-9,12,14,24H,10-11,13H2,1H3,(H,25,26,28). The first-order chi connectivity index (χ1) is 13.6. The van der Waals surface area contributed by atoms with Crippen molar-refractivity contribution in [3.05, 3.63) is 82.1 Å². The Morgan fingerprint density at radius 3 is 2.79 bits per heavy atom. The van der Waals surface area contributed by atoms with Crippen molar-refractivity contribution < 1.29 is 4.79 Å². The molecule has 0 radical (unpaired) electrons. The third kappa shape index (κ3) is 4.17. The van der Waals surface area contributed by atoms with Crippen LogP contribution in [0.5, 0.6) is 0 Å². The van der Waals surface area contributed by atoms with Gasteiger partial charge in [-0.2, -0.15) is 5.10 Å². The first kappa shape index (κ1) is 18.5. The van der Waals surface area contributed by atoms with Crippen LogP contribution in [0, 0.1) is 6.92 Å². The van der Waals surface area contributed by atoms with Crippen LogP contribution in [0.3, 0.4) is 0 Å². The molecular formula is C22H21BrN4O. The lowest BCUT2D eigenvalue weighted by atomic mass is 10.1. The van der Waals surface area contributed by atoms with Gasteiger partial charge in [-0.25, -0.2) is 0 Å². The summed E-state index contributed by atoms with van der Waals surface area (Å²) in [7, 11) is 0. The normalized spacial score (nSPS) is 11.1. The zero-order valence-corrected chi connectivity index (χ0v) is 17.2. The molecule has 28 heavy (non-hydrogen) atoms. The van der Waals surface area contributed by atoms with Gasteiger partial charge in [0.05, 0.1) is 11.0 Å². The summed E-state index contributed by atoms with van der Waals surface area (Å²) < 4.78 is 2.60. The second-order valence-electron chi connectivity index (χ2n) is 6.92. The summed E-state index contributed by atoms with van der Waals surface area (Å²) in [4.78, 5) is 15.7. The lowest BCUT2D eigenvalue weighted by Crippen LogP contribution is -2.13. The number of aromatic nitrogens is 3. The Bertz CT molecular complexity index is 1110. The van der Waals surface area contributed by atoms with E-state index in [1.165, 1.54) is 10.9 Å². The van der Waals surface area contributed by atoms with E-state index < -0.39 is 0 Å². The van der Waals surface area contributed by atoms with Crippen molar-refractivity contribution in [1.82, 2.24) is 14.8 Å². The maximum absolute atomic E-state index is 12.4. The highest BCUT2D eigenvalue weighted by Gasteiger charge is 2.12. The van der Waals surface area contributed by atoms with Gasteiger partial charge in [0, 0.05) is 29.7 Å². The highest BCUT2D eigenvalue weighted by Crippen LogP contribution is 2.22. The van der Waals surface area contributed by atoms with Crippen molar-refractivity contribution in [3.63, 3.8) is 0 Å². The van der Waals surface area contributed by atoms with Gasteiger partial charge < -0.3 is 10.3 Å². The summed E-state index contributed by atoms with van der Waals surface area (Å²) in [6, 6.07) is 16.5. The molecule has 0 saturated carbocycles. The lowest BCUT2D eigenvalue weighted by molar-refractivity contribution is -0.116. The number of nitrogens with one attached hydrogen (secondary N) is 2. The topological polar surface area (TPSA) is 62.7 Å². The zero-order valence-electron chi connectivity index (χ0n) is 15.6. The summed E-state index contributed by atoms with van der Waals surface area (Å²) >= 11 is 3.49. The number of aromatic amines is 1. The van der Waals surface area contributed by atoms with Crippen LogP contribution in [0.1, 0.15) is 23.1 Å². The minimum Gasteiger partial charge on any atom is -0.361 e. The van der Waals surface area contributed by atoms with Gasteiger partial charge in [-0.1, -0.05) is 48.0 Å². The molecule has 0 spiro atoms. The van der Waals surface area contributed by atoms with Crippen LogP contribution in [-0.4, -0.2) is 20.7 Å². The Labute approximate surface area is 171 Å². The Morgan fingerprint density at radius 2 is 1.96 bits per heavy atom. The lowest BCUT2D eigenvalue weighted by Gasteiger charge is -2.04. The van der Waals surface area contributed by atoms with E-state index in [1.807, 2.05) is 35.3 Å². The highest BCUT2D eigenvalue weighted by molar-refractivity contribution is 9.10. The number of rotatable bonds is 6. The van der Waals surface area contributed by atoms with Crippen LogP contribution >= 0.6 is 15.9 Å². The van der Waals surface area contributed by atoms with E-state index in [9.17, 15) is 4.79 Å². The summed E-state index contributed by atoms with van der Waals surface area (Å²) in [6.07, 6.45) is 4.94. The van der Waals surface area contributed by atoms with Crippen molar-refractivity contribution in [1.29, 1.82) is 0 Å². The van der Waals surface area contributed by atoms with Gasteiger partial charge in [-0.3, -0.25) is 9.48 Å². The van der Waals surface area contributed by atoms with Crippen molar-refractivity contribution in [2.75, 3.05) is 5.32 Å². The fourth-order valence-corrected chi connectivity index (χ4v) is 3.64. The van der Waals surface area contributed by atoms with Crippen LogP contribution in [0.2, 0.25) is 0 Å². The molecule has 5 nitrogen and oxygen atoms in total. The molecule has 2 aromatic carbocycles. The molecule has 4 rings (SSSR count). The number of para-hydroxylation sites is 1. The van der Waals surface area contributed by atoms with Crippen molar-refractivity contribution >= 4 is 38.6 Å². The molecule has 4 aromatic rings. The predicted molar refractivity (Wildman–Crippen MR) is 115 cm³/mol. The number of hydrogen-bond acceptors (Lipinski definition) is 2. The van der Waals surface area contributed by atoms with Gasteiger partial charge in [-0.05, 0) is 46.5 Å². The first-order valence-electron chi connectivity index (χ1n) is 9.22. The van der Waals surface area contributed by atoms with E-state index in [2.05, 4.69) is 68.6 Å². The number of halogens is 1. The number of fused-ring (bicyclic) bond motifs is 1. The Kier molecular flexibility index (Phi) is 5.30. The molecule has 0 fully saturated rings. The molecule has 6 heteroatoms. The van der Waals surface area contributed by atoms with Gasteiger partial charge >= 0.3 is 0 Å². The smallest absolute Gasteiger partial charge is 0.225 e. The number of carbonyl (C=O) groups is 1. The van der Waals surface area contributed by atoms with Gasteiger partial charge in [0.1, 0.15) is 0 Å². The molecule has 1 amide bonds. The number of hydrogen-bond donors (Lipinski definition) is 2. The molecule has 142 valence electrons. The number of H-pyrrole nitrogens is 1. The maximum atomic E-state index is 12.4. The van der Waals surface area contributed by atoms with E-state index in [4.69, 9.17) is 0 Å². The minimum atomic E-state index is -0.0495. The van der Waals surface area contributed by atoms with E-state index in [0.717, 1.165) is 21.1 Å². The molecule has 0 bridgehead atoms. The Hall–Kier alpha value is -2.86. The number of nitrogens with zero attached hydrogens (tertiary/aromatic N) is 2. The molecule has 2 aromatic heterocycles. The highest BCUT2D eigenvalue weighted by atomic mass is 79.9. The molecule has 0 saturated heterocycles. The number of carbonyl (C=O) groups excluding carboxylic acids is 1. The molecule has 0 atom stereocenters. The molecule has 0 aliphatic heterocycles. The minimum absolute atomic E-state index is 0.0495. The Morgan fingerprint density at radius 1 is 1.18 bits per heavy atom. The zero-order chi connectivity index (χ0) is 19.5. The molecule has 0 aliphatic rings. The first-order valence-corrected chi connectivity index (χ1v) is 10.0. The fraction of sp³-hybridized carbons (Fsp3) is 0.182. The second kappa shape index (κ2) is 8.02. The third-order valence-corrected chi connectivity index (χ3v) is 5.32. The number of benzene rings is 2. The van der Waals surface area contributed by atoms with Crippen LogP contribution in [-0.2, 0) is 17.8 Å². The average molecular weight is 437 g/mol. The van der Waals surface area contributed by atoms with Gasteiger partial charge in [-0.15, -0.1) is 0 Å². The van der Waals surface area contributed by atoms with E-state index in [-0.39, 0.29) is 5.91 Å². The van der Waals surface area contributed by atoms with E-state index in [1.54, 1.807) is 0 Å².